The van der Waals surface area contributed by atoms with Crippen LogP contribution in [0.4, 0.5) is 11.4 Å². The zero-order valence-corrected chi connectivity index (χ0v) is 13.9. The highest BCUT2D eigenvalue weighted by Gasteiger charge is 2.25. The minimum Gasteiger partial charge on any atom is -0.410 e. The lowest BCUT2D eigenvalue weighted by molar-refractivity contribution is -0.105. The number of benzene rings is 2. The minimum atomic E-state index is 0.484. The molecular weight excluding hydrogens is 358 g/mol. The molecule has 116 valence electrons. The molecule has 1 aliphatic heterocycles. The van der Waals surface area contributed by atoms with Gasteiger partial charge in [-0.2, -0.15) is 0 Å². The fourth-order valence-corrected chi connectivity index (χ4v) is 3.02. The van der Waals surface area contributed by atoms with Crippen LogP contribution in [0.2, 0.25) is 0 Å². The summed E-state index contributed by atoms with van der Waals surface area (Å²) in [4.78, 5) is 10.9. The van der Waals surface area contributed by atoms with E-state index in [0.29, 0.717) is 23.5 Å². The van der Waals surface area contributed by atoms with Crippen LogP contribution < -0.4 is 10.6 Å². The van der Waals surface area contributed by atoms with Gasteiger partial charge in [-0.25, -0.2) is 0 Å². The Hall–Kier alpha value is -2.60. The molecule has 0 aromatic heterocycles. The van der Waals surface area contributed by atoms with Crippen LogP contribution in [0.3, 0.4) is 0 Å². The van der Waals surface area contributed by atoms with Crippen LogP contribution in [0, 0.1) is 0 Å². The number of rotatable bonds is 3. The summed E-state index contributed by atoms with van der Waals surface area (Å²) in [7, 11) is 0. The van der Waals surface area contributed by atoms with Gasteiger partial charge in [-0.3, -0.25) is 4.79 Å². The van der Waals surface area contributed by atoms with Gasteiger partial charge in [-0.1, -0.05) is 45.4 Å². The number of allylic oxidation sites excluding steroid dienone is 2. The van der Waals surface area contributed by atoms with Crippen molar-refractivity contribution in [3.05, 3.63) is 63.8 Å². The molecule has 0 saturated heterocycles. The summed E-state index contributed by atoms with van der Waals surface area (Å²) in [5.41, 5.74) is 5.31. The number of anilines is 2. The molecule has 5 nitrogen and oxygen atoms in total. The highest BCUT2D eigenvalue weighted by molar-refractivity contribution is 9.10. The van der Waals surface area contributed by atoms with E-state index in [2.05, 4.69) is 31.7 Å². The van der Waals surface area contributed by atoms with Crippen LogP contribution >= 0.6 is 15.9 Å². The number of halogens is 1. The minimum absolute atomic E-state index is 0.484. The van der Waals surface area contributed by atoms with Crippen LogP contribution in [0.15, 0.2) is 57.8 Å². The molecule has 0 saturated carbocycles. The maximum absolute atomic E-state index is 10.9. The first-order valence-corrected chi connectivity index (χ1v) is 7.75. The molecule has 3 rings (SSSR count). The lowest BCUT2D eigenvalue weighted by Gasteiger charge is -2.13. The van der Waals surface area contributed by atoms with E-state index >= 15 is 0 Å². The molecule has 2 aromatic rings. The number of oxime groups is 1. The third-order valence-corrected chi connectivity index (χ3v) is 4.25. The van der Waals surface area contributed by atoms with Crippen molar-refractivity contribution in [3.8, 4) is 0 Å². The van der Waals surface area contributed by atoms with E-state index in [4.69, 9.17) is 0 Å². The highest BCUT2D eigenvalue weighted by atomic mass is 79.9. The predicted molar refractivity (Wildman–Crippen MR) is 94.8 cm³/mol. The normalized spacial score (nSPS) is 16.7. The number of hydrogen-bond acceptors (Lipinski definition) is 4. The molecule has 0 atom stereocenters. The Morgan fingerprint density at radius 2 is 2.09 bits per heavy atom. The molecular formula is C17H14BrN3O2. The van der Waals surface area contributed by atoms with Gasteiger partial charge in [-0.05, 0) is 30.7 Å². The zero-order valence-electron chi connectivity index (χ0n) is 12.3. The van der Waals surface area contributed by atoms with Gasteiger partial charge in [0.15, 0.2) is 0 Å². The van der Waals surface area contributed by atoms with Gasteiger partial charge in [0.05, 0.1) is 5.70 Å². The molecule has 0 spiro atoms. The first kappa shape index (κ1) is 15.3. The molecule has 2 aromatic carbocycles. The summed E-state index contributed by atoms with van der Waals surface area (Å²) < 4.78 is 0.863. The van der Waals surface area contributed by atoms with E-state index in [1.165, 1.54) is 0 Å². The van der Waals surface area contributed by atoms with Crippen LogP contribution in [0.25, 0.3) is 5.57 Å². The molecule has 3 N–H and O–H groups in total. The fraction of sp³-hybridized carbons (Fsp3) is 0.0588. The molecule has 0 bridgehead atoms. The van der Waals surface area contributed by atoms with Gasteiger partial charge >= 0.3 is 0 Å². The smallest absolute Gasteiger partial charge is 0.211 e. The summed E-state index contributed by atoms with van der Waals surface area (Å²) in [5, 5.41) is 18.9. The first-order chi connectivity index (χ1) is 11.2. The standard InChI is InChI=1S/C17H14BrN3O2/c1-10(12-7-6-11(18)8-15(12)19-9-22)16-17(21-23)13-4-2-3-5-14(13)20-16/h2-9,20,23H,1H3,(H,19,22)/b16-10+,21-17+. The van der Waals surface area contributed by atoms with Crippen molar-refractivity contribution in [3.63, 3.8) is 0 Å². The Labute approximate surface area is 141 Å². The Kier molecular flexibility index (Phi) is 4.16. The average molecular weight is 372 g/mol. The lowest BCUT2D eigenvalue weighted by atomic mass is 10.0. The molecule has 0 aliphatic carbocycles. The van der Waals surface area contributed by atoms with E-state index in [1.807, 2.05) is 49.4 Å². The second kappa shape index (κ2) is 6.26. The topological polar surface area (TPSA) is 73.7 Å². The number of hydrogen-bond donors (Lipinski definition) is 3. The van der Waals surface area contributed by atoms with Crippen molar-refractivity contribution in [2.75, 3.05) is 10.6 Å². The van der Waals surface area contributed by atoms with E-state index in [0.717, 1.165) is 26.9 Å². The Balaban J connectivity index is 2.15. The van der Waals surface area contributed by atoms with Crippen molar-refractivity contribution in [2.45, 2.75) is 6.92 Å². The maximum Gasteiger partial charge on any atom is 0.211 e. The van der Waals surface area contributed by atoms with E-state index in [-0.39, 0.29) is 0 Å². The number of nitrogens with zero attached hydrogens (tertiary/aromatic N) is 1. The number of nitrogens with one attached hydrogen (secondary N) is 2. The second-order valence-electron chi connectivity index (χ2n) is 5.07. The number of para-hydroxylation sites is 1. The van der Waals surface area contributed by atoms with E-state index in [1.54, 1.807) is 0 Å². The maximum atomic E-state index is 10.9. The average Bonchev–Trinajstić information content (AvgIpc) is 2.93. The molecule has 1 heterocycles. The zero-order chi connectivity index (χ0) is 16.4. The number of carbonyl (C=O) groups excluding carboxylic acids is 1. The molecule has 0 unspecified atom stereocenters. The van der Waals surface area contributed by atoms with Gasteiger partial charge in [0.25, 0.3) is 0 Å². The lowest BCUT2D eigenvalue weighted by Crippen LogP contribution is -2.07. The molecule has 0 fully saturated rings. The molecule has 0 radical (unpaired) electrons. The Morgan fingerprint density at radius 1 is 1.30 bits per heavy atom. The Bertz CT molecular complexity index is 843. The van der Waals surface area contributed by atoms with Crippen molar-refractivity contribution >= 4 is 45.0 Å². The highest BCUT2D eigenvalue weighted by Crippen LogP contribution is 2.35. The third-order valence-electron chi connectivity index (χ3n) is 3.75. The predicted octanol–water partition coefficient (Wildman–Crippen LogP) is 4.05. The summed E-state index contributed by atoms with van der Waals surface area (Å²) in [6.07, 6.45) is 0.640. The Morgan fingerprint density at radius 3 is 2.83 bits per heavy atom. The third kappa shape index (κ3) is 2.73. The number of amides is 1. The van der Waals surface area contributed by atoms with Gasteiger partial charge in [0.2, 0.25) is 6.41 Å². The van der Waals surface area contributed by atoms with Crippen molar-refractivity contribution in [1.29, 1.82) is 0 Å². The monoisotopic (exact) mass is 371 g/mol. The number of carbonyl (C=O) groups is 1. The quantitative estimate of drug-likeness (QED) is 0.432. The SMILES string of the molecule is C/C(=C1\Nc2ccccc2\C1=N/O)c1ccc(Br)cc1NC=O. The first-order valence-electron chi connectivity index (χ1n) is 6.95. The molecule has 23 heavy (non-hydrogen) atoms. The van der Waals surface area contributed by atoms with Crippen LogP contribution in [0.5, 0.6) is 0 Å². The van der Waals surface area contributed by atoms with Crippen LogP contribution in [0.1, 0.15) is 18.1 Å². The molecule has 6 heteroatoms. The van der Waals surface area contributed by atoms with Gasteiger partial charge in [0, 0.05) is 27.0 Å². The summed E-state index contributed by atoms with van der Waals surface area (Å²) in [6, 6.07) is 13.2. The van der Waals surface area contributed by atoms with Gasteiger partial charge in [-0.15, -0.1) is 0 Å². The summed E-state index contributed by atoms with van der Waals surface area (Å²) in [6.45, 7) is 1.92. The van der Waals surface area contributed by atoms with Crippen LogP contribution in [-0.4, -0.2) is 17.3 Å². The van der Waals surface area contributed by atoms with Crippen molar-refractivity contribution < 1.29 is 10.0 Å². The number of fused-ring (bicyclic) bond motifs is 1. The van der Waals surface area contributed by atoms with Crippen molar-refractivity contribution in [1.82, 2.24) is 0 Å². The van der Waals surface area contributed by atoms with Gasteiger partial charge in [0.1, 0.15) is 5.71 Å². The summed E-state index contributed by atoms with van der Waals surface area (Å²) in [5.74, 6) is 0. The second-order valence-corrected chi connectivity index (χ2v) is 5.99. The fourth-order valence-electron chi connectivity index (χ4n) is 2.66. The van der Waals surface area contributed by atoms with E-state index < -0.39 is 0 Å². The van der Waals surface area contributed by atoms with Crippen LogP contribution in [-0.2, 0) is 4.79 Å². The molecule has 1 amide bonds. The van der Waals surface area contributed by atoms with Crippen molar-refractivity contribution in [2.24, 2.45) is 5.16 Å². The summed E-state index contributed by atoms with van der Waals surface area (Å²) >= 11 is 3.40. The largest absolute Gasteiger partial charge is 0.410 e. The molecule has 1 aliphatic rings. The van der Waals surface area contributed by atoms with E-state index in [9.17, 15) is 10.0 Å². The van der Waals surface area contributed by atoms with Gasteiger partial charge < -0.3 is 15.8 Å².